The standard InChI is InChI=1S/C20H21N3O4/c1-24-15-7-5-6-14(12-15)22-20-21-9-8-16(23-20)13-10-17(25-2)19(27-4)18(11-13)26-3/h5-12H,1-4H3,(H,21,22,23). The molecule has 0 radical (unpaired) electrons. The summed E-state index contributed by atoms with van der Waals surface area (Å²) in [6, 6.07) is 13.1. The SMILES string of the molecule is COc1cccc(Nc2nccc(-c3cc(OC)c(OC)c(OC)c3)n2)c1. The molecule has 0 saturated carbocycles. The molecule has 27 heavy (non-hydrogen) atoms. The molecule has 7 heteroatoms. The number of ether oxygens (including phenoxy) is 4. The zero-order valence-corrected chi connectivity index (χ0v) is 15.6. The van der Waals surface area contributed by atoms with E-state index in [1.807, 2.05) is 42.5 Å². The monoisotopic (exact) mass is 367 g/mol. The van der Waals surface area contributed by atoms with E-state index in [0.717, 1.165) is 22.7 Å². The Morgan fingerprint density at radius 1 is 0.815 bits per heavy atom. The van der Waals surface area contributed by atoms with E-state index in [9.17, 15) is 0 Å². The molecule has 0 bridgehead atoms. The number of rotatable bonds is 7. The normalized spacial score (nSPS) is 10.2. The Morgan fingerprint density at radius 3 is 2.19 bits per heavy atom. The zero-order chi connectivity index (χ0) is 19.2. The highest BCUT2D eigenvalue weighted by Gasteiger charge is 2.15. The third kappa shape index (κ3) is 4.03. The van der Waals surface area contributed by atoms with Crippen LogP contribution in [0.15, 0.2) is 48.7 Å². The van der Waals surface area contributed by atoms with Gasteiger partial charge in [0.1, 0.15) is 5.75 Å². The predicted molar refractivity (Wildman–Crippen MR) is 103 cm³/mol. The van der Waals surface area contributed by atoms with Crippen molar-refractivity contribution >= 4 is 11.6 Å². The van der Waals surface area contributed by atoms with E-state index in [4.69, 9.17) is 18.9 Å². The van der Waals surface area contributed by atoms with Gasteiger partial charge in [0.2, 0.25) is 11.7 Å². The van der Waals surface area contributed by atoms with Crippen molar-refractivity contribution in [1.29, 1.82) is 0 Å². The highest BCUT2D eigenvalue weighted by Crippen LogP contribution is 2.40. The average molecular weight is 367 g/mol. The minimum atomic E-state index is 0.467. The smallest absolute Gasteiger partial charge is 0.227 e. The van der Waals surface area contributed by atoms with Gasteiger partial charge < -0.3 is 24.3 Å². The summed E-state index contributed by atoms with van der Waals surface area (Å²) < 4.78 is 21.4. The number of nitrogens with zero attached hydrogens (tertiary/aromatic N) is 2. The van der Waals surface area contributed by atoms with Crippen LogP contribution < -0.4 is 24.3 Å². The molecule has 0 aliphatic carbocycles. The lowest BCUT2D eigenvalue weighted by atomic mass is 10.1. The summed E-state index contributed by atoms with van der Waals surface area (Å²) in [6.07, 6.45) is 1.69. The number of anilines is 2. The topological polar surface area (TPSA) is 74.7 Å². The Balaban J connectivity index is 1.95. The van der Waals surface area contributed by atoms with Gasteiger partial charge in [-0.05, 0) is 30.3 Å². The molecule has 3 aromatic rings. The van der Waals surface area contributed by atoms with Crippen molar-refractivity contribution in [3.8, 4) is 34.3 Å². The van der Waals surface area contributed by atoms with E-state index in [1.165, 1.54) is 0 Å². The maximum Gasteiger partial charge on any atom is 0.227 e. The van der Waals surface area contributed by atoms with E-state index >= 15 is 0 Å². The van der Waals surface area contributed by atoms with Crippen LogP contribution in [-0.2, 0) is 0 Å². The molecule has 7 nitrogen and oxygen atoms in total. The molecule has 3 rings (SSSR count). The molecule has 2 aromatic carbocycles. The van der Waals surface area contributed by atoms with Gasteiger partial charge >= 0.3 is 0 Å². The minimum Gasteiger partial charge on any atom is -0.497 e. The first-order valence-electron chi connectivity index (χ1n) is 8.23. The van der Waals surface area contributed by atoms with Crippen LogP contribution in [0, 0.1) is 0 Å². The lowest BCUT2D eigenvalue weighted by Gasteiger charge is -2.14. The number of benzene rings is 2. The molecule has 0 saturated heterocycles. The van der Waals surface area contributed by atoms with Crippen molar-refractivity contribution in [2.24, 2.45) is 0 Å². The molecule has 0 aliphatic heterocycles. The van der Waals surface area contributed by atoms with Gasteiger partial charge in [0.25, 0.3) is 0 Å². The van der Waals surface area contributed by atoms with Crippen LogP contribution in [0.4, 0.5) is 11.6 Å². The second-order valence-corrected chi connectivity index (χ2v) is 5.54. The summed E-state index contributed by atoms with van der Waals surface area (Å²) in [6.45, 7) is 0. The van der Waals surface area contributed by atoms with Crippen LogP contribution in [0.25, 0.3) is 11.3 Å². The fourth-order valence-electron chi connectivity index (χ4n) is 2.64. The summed E-state index contributed by atoms with van der Waals surface area (Å²) >= 11 is 0. The molecule has 1 aromatic heterocycles. The number of nitrogens with one attached hydrogen (secondary N) is 1. The molecule has 0 spiro atoms. The Morgan fingerprint density at radius 2 is 1.56 bits per heavy atom. The first-order valence-corrected chi connectivity index (χ1v) is 8.23. The van der Waals surface area contributed by atoms with Gasteiger partial charge in [-0.2, -0.15) is 0 Å². The second-order valence-electron chi connectivity index (χ2n) is 5.54. The number of aromatic nitrogens is 2. The molecular weight excluding hydrogens is 346 g/mol. The summed E-state index contributed by atoms with van der Waals surface area (Å²) in [5.74, 6) is 2.88. The number of hydrogen-bond donors (Lipinski definition) is 1. The fraction of sp³-hybridized carbons (Fsp3) is 0.200. The maximum absolute atomic E-state index is 5.41. The molecule has 0 amide bonds. The van der Waals surface area contributed by atoms with Crippen LogP contribution >= 0.6 is 0 Å². The van der Waals surface area contributed by atoms with Gasteiger partial charge in [-0.3, -0.25) is 0 Å². The Hall–Kier alpha value is -3.48. The van der Waals surface area contributed by atoms with Gasteiger partial charge in [0.05, 0.1) is 34.1 Å². The van der Waals surface area contributed by atoms with E-state index < -0.39 is 0 Å². The molecule has 1 N–H and O–H groups in total. The van der Waals surface area contributed by atoms with Crippen molar-refractivity contribution in [3.05, 3.63) is 48.7 Å². The first-order chi connectivity index (χ1) is 13.2. The van der Waals surface area contributed by atoms with Crippen LogP contribution in [-0.4, -0.2) is 38.4 Å². The molecule has 0 fully saturated rings. The van der Waals surface area contributed by atoms with Crippen LogP contribution in [0.1, 0.15) is 0 Å². The average Bonchev–Trinajstić information content (AvgIpc) is 2.72. The third-order valence-corrected chi connectivity index (χ3v) is 3.94. The highest BCUT2D eigenvalue weighted by atomic mass is 16.5. The van der Waals surface area contributed by atoms with Crippen molar-refractivity contribution in [2.75, 3.05) is 33.8 Å². The summed E-state index contributed by atoms with van der Waals surface area (Å²) in [5, 5.41) is 3.18. The zero-order valence-electron chi connectivity index (χ0n) is 15.6. The quantitative estimate of drug-likeness (QED) is 0.678. The molecular formula is C20H21N3O4. The molecule has 0 atom stereocenters. The first kappa shape index (κ1) is 18.3. The van der Waals surface area contributed by atoms with Crippen molar-refractivity contribution < 1.29 is 18.9 Å². The third-order valence-electron chi connectivity index (χ3n) is 3.94. The molecule has 0 unspecified atom stereocenters. The highest BCUT2D eigenvalue weighted by molar-refractivity contribution is 5.69. The molecule has 140 valence electrons. The van der Waals surface area contributed by atoms with E-state index in [1.54, 1.807) is 34.6 Å². The Bertz CT molecular complexity index is 906. The van der Waals surface area contributed by atoms with Gasteiger partial charge in [-0.25, -0.2) is 9.97 Å². The van der Waals surface area contributed by atoms with Crippen molar-refractivity contribution in [1.82, 2.24) is 9.97 Å². The summed E-state index contributed by atoms with van der Waals surface area (Å²) in [7, 11) is 6.36. The van der Waals surface area contributed by atoms with Gasteiger partial charge in [0.15, 0.2) is 11.5 Å². The van der Waals surface area contributed by atoms with Crippen LogP contribution in [0.5, 0.6) is 23.0 Å². The largest absolute Gasteiger partial charge is 0.497 e. The van der Waals surface area contributed by atoms with E-state index in [0.29, 0.717) is 23.2 Å². The fourth-order valence-corrected chi connectivity index (χ4v) is 2.64. The Labute approximate surface area is 157 Å². The van der Waals surface area contributed by atoms with E-state index in [2.05, 4.69) is 15.3 Å². The van der Waals surface area contributed by atoms with Crippen molar-refractivity contribution in [2.45, 2.75) is 0 Å². The van der Waals surface area contributed by atoms with Crippen LogP contribution in [0.2, 0.25) is 0 Å². The van der Waals surface area contributed by atoms with Gasteiger partial charge in [0, 0.05) is 23.5 Å². The Kier molecular flexibility index (Phi) is 5.61. The molecule has 0 aliphatic rings. The van der Waals surface area contributed by atoms with Gasteiger partial charge in [-0.15, -0.1) is 0 Å². The summed E-state index contributed by atoms with van der Waals surface area (Å²) in [4.78, 5) is 8.87. The van der Waals surface area contributed by atoms with Crippen LogP contribution in [0.3, 0.4) is 0 Å². The second kappa shape index (κ2) is 8.27. The minimum absolute atomic E-state index is 0.467. The number of methoxy groups -OCH3 is 4. The summed E-state index contributed by atoms with van der Waals surface area (Å²) in [5.41, 5.74) is 2.37. The maximum atomic E-state index is 5.41. The lowest BCUT2D eigenvalue weighted by Crippen LogP contribution is -1.99. The van der Waals surface area contributed by atoms with E-state index in [-0.39, 0.29) is 0 Å². The lowest BCUT2D eigenvalue weighted by molar-refractivity contribution is 0.324. The van der Waals surface area contributed by atoms with Crippen molar-refractivity contribution in [3.63, 3.8) is 0 Å². The predicted octanol–water partition coefficient (Wildman–Crippen LogP) is 3.92. The molecule has 1 heterocycles. The number of hydrogen-bond acceptors (Lipinski definition) is 7. The van der Waals surface area contributed by atoms with Gasteiger partial charge in [-0.1, -0.05) is 6.07 Å².